The average Bonchev–Trinajstić information content (AvgIpc) is 3.30. The first kappa shape index (κ1) is 17.2. The standard InChI is InChI=1S/C20H18FN3O3/c1-2-26-17-9-3-13(4-10-17)20-22-19(23-27-20)14-11-18(25)24(12-14)16-7-5-15(21)6-8-16/h3-10,14H,2,11-12H2,1H3. The van der Waals surface area contributed by atoms with Gasteiger partial charge in [-0.25, -0.2) is 4.39 Å². The Balaban J connectivity index is 1.50. The highest BCUT2D eigenvalue weighted by atomic mass is 19.1. The molecule has 2 heterocycles. The molecule has 1 aromatic heterocycles. The van der Waals surface area contributed by atoms with Crippen LogP contribution in [0.5, 0.6) is 5.75 Å². The van der Waals surface area contributed by atoms with E-state index in [4.69, 9.17) is 9.26 Å². The highest BCUT2D eigenvalue weighted by Gasteiger charge is 2.34. The van der Waals surface area contributed by atoms with Crippen LogP contribution in [0.1, 0.15) is 25.1 Å². The van der Waals surface area contributed by atoms with Crippen LogP contribution in [0, 0.1) is 5.82 Å². The van der Waals surface area contributed by atoms with Gasteiger partial charge in [-0.05, 0) is 55.5 Å². The zero-order chi connectivity index (χ0) is 18.8. The maximum Gasteiger partial charge on any atom is 0.257 e. The smallest absolute Gasteiger partial charge is 0.257 e. The van der Waals surface area contributed by atoms with Crippen molar-refractivity contribution < 1.29 is 18.4 Å². The van der Waals surface area contributed by atoms with Crippen LogP contribution in [0.25, 0.3) is 11.5 Å². The third-order valence-electron chi connectivity index (χ3n) is 4.48. The van der Waals surface area contributed by atoms with E-state index in [1.807, 2.05) is 31.2 Å². The van der Waals surface area contributed by atoms with Crippen molar-refractivity contribution in [2.24, 2.45) is 0 Å². The van der Waals surface area contributed by atoms with Gasteiger partial charge in [0.25, 0.3) is 5.89 Å². The molecule has 1 atom stereocenters. The lowest BCUT2D eigenvalue weighted by molar-refractivity contribution is -0.117. The number of nitrogens with zero attached hydrogens (tertiary/aromatic N) is 3. The molecule has 1 aliphatic rings. The van der Waals surface area contributed by atoms with E-state index in [2.05, 4.69) is 10.1 Å². The lowest BCUT2D eigenvalue weighted by Crippen LogP contribution is -2.24. The van der Waals surface area contributed by atoms with Crippen molar-refractivity contribution in [1.29, 1.82) is 0 Å². The average molecular weight is 367 g/mol. The van der Waals surface area contributed by atoms with Crippen LogP contribution in [0.3, 0.4) is 0 Å². The Labute approximate surface area is 155 Å². The van der Waals surface area contributed by atoms with Gasteiger partial charge in [0.2, 0.25) is 5.91 Å². The first-order valence-electron chi connectivity index (χ1n) is 8.77. The highest BCUT2D eigenvalue weighted by molar-refractivity contribution is 5.96. The largest absolute Gasteiger partial charge is 0.494 e. The van der Waals surface area contributed by atoms with Gasteiger partial charge in [0.15, 0.2) is 5.82 Å². The summed E-state index contributed by atoms with van der Waals surface area (Å²) in [5.41, 5.74) is 1.45. The number of carbonyl (C=O) groups excluding carboxylic acids is 1. The summed E-state index contributed by atoms with van der Waals surface area (Å²) in [6.45, 7) is 2.97. The third-order valence-corrected chi connectivity index (χ3v) is 4.48. The Hall–Kier alpha value is -3.22. The van der Waals surface area contributed by atoms with Gasteiger partial charge < -0.3 is 14.2 Å². The predicted molar refractivity (Wildman–Crippen MR) is 97.0 cm³/mol. The van der Waals surface area contributed by atoms with Gasteiger partial charge in [-0.2, -0.15) is 4.98 Å². The van der Waals surface area contributed by atoms with Gasteiger partial charge in [-0.1, -0.05) is 5.16 Å². The number of hydrogen-bond donors (Lipinski definition) is 0. The Kier molecular flexibility index (Phi) is 4.58. The van der Waals surface area contributed by atoms with E-state index in [1.165, 1.54) is 12.1 Å². The van der Waals surface area contributed by atoms with Crippen molar-refractivity contribution in [2.45, 2.75) is 19.3 Å². The first-order valence-corrected chi connectivity index (χ1v) is 8.77. The maximum absolute atomic E-state index is 13.1. The Morgan fingerprint density at radius 1 is 1.19 bits per heavy atom. The molecule has 0 saturated carbocycles. The molecule has 1 saturated heterocycles. The molecule has 0 aliphatic carbocycles. The summed E-state index contributed by atoms with van der Waals surface area (Å²) < 4.78 is 23.9. The van der Waals surface area contributed by atoms with Crippen LogP contribution < -0.4 is 9.64 Å². The number of halogens is 1. The molecule has 6 nitrogen and oxygen atoms in total. The summed E-state index contributed by atoms with van der Waals surface area (Å²) in [7, 11) is 0. The lowest BCUT2D eigenvalue weighted by atomic mass is 10.1. The van der Waals surface area contributed by atoms with E-state index in [9.17, 15) is 9.18 Å². The van der Waals surface area contributed by atoms with Crippen molar-refractivity contribution in [3.63, 3.8) is 0 Å². The van der Waals surface area contributed by atoms with Gasteiger partial charge >= 0.3 is 0 Å². The predicted octanol–water partition coefficient (Wildman–Crippen LogP) is 3.79. The molecule has 4 rings (SSSR count). The van der Waals surface area contributed by atoms with Gasteiger partial charge in [-0.15, -0.1) is 0 Å². The highest BCUT2D eigenvalue weighted by Crippen LogP contribution is 2.31. The van der Waals surface area contributed by atoms with E-state index in [0.717, 1.165) is 11.3 Å². The molecule has 1 unspecified atom stereocenters. The van der Waals surface area contributed by atoms with Crippen LogP contribution in [-0.2, 0) is 4.79 Å². The normalized spacial score (nSPS) is 16.7. The number of aromatic nitrogens is 2. The molecule has 7 heteroatoms. The molecule has 2 aromatic carbocycles. The van der Waals surface area contributed by atoms with E-state index in [-0.39, 0.29) is 17.6 Å². The fraction of sp³-hybridized carbons (Fsp3) is 0.250. The van der Waals surface area contributed by atoms with Crippen molar-refractivity contribution in [1.82, 2.24) is 10.1 Å². The maximum atomic E-state index is 13.1. The van der Waals surface area contributed by atoms with Crippen LogP contribution in [0.2, 0.25) is 0 Å². The van der Waals surface area contributed by atoms with Gasteiger partial charge in [0.05, 0.1) is 6.61 Å². The van der Waals surface area contributed by atoms with Crippen LogP contribution in [0.4, 0.5) is 10.1 Å². The van der Waals surface area contributed by atoms with Crippen molar-refractivity contribution in [3.8, 4) is 17.2 Å². The minimum absolute atomic E-state index is 0.0426. The molecule has 27 heavy (non-hydrogen) atoms. The zero-order valence-corrected chi connectivity index (χ0v) is 14.8. The number of amides is 1. The molecule has 1 amide bonds. The van der Waals surface area contributed by atoms with Crippen LogP contribution >= 0.6 is 0 Å². The number of carbonyl (C=O) groups is 1. The van der Waals surface area contributed by atoms with Crippen molar-refractivity contribution in [3.05, 3.63) is 60.2 Å². The van der Waals surface area contributed by atoms with E-state index in [0.29, 0.717) is 37.0 Å². The van der Waals surface area contributed by atoms with Gasteiger partial charge in [0, 0.05) is 30.1 Å². The molecule has 0 bridgehead atoms. The summed E-state index contributed by atoms with van der Waals surface area (Å²) in [6.07, 6.45) is 0.291. The molecule has 3 aromatic rings. The molecule has 138 valence electrons. The topological polar surface area (TPSA) is 68.5 Å². The van der Waals surface area contributed by atoms with Crippen molar-refractivity contribution in [2.75, 3.05) is 18.1 Å². The zero-order valence-electron chi connectivity index (χ0n) is 14.8. The fourth-order valence-corrected chi connectivity index (χ4v) is 3.13. The molecule has 1 fully saturated rings. The van der Waals surface area contributed by atoms with E-state index in [1.54, 1.807) is 17.0 Å². The summed E-state index contributed by atoms with van der Waals surface area (Å²) in [4.78, 5) is 18.4. The SMILES string of the molecule is CCOc1ccc(-c2nc(C3CC(=O)N(c4ccc(F)cc4)C3)no2)cc1. The summed E-state index contributed by atoms with van der Waals surface area (Å²) in [5, 5.41) is 4.05. The minimum Gasteiger partial charge on any atom is -0.494 e. The number of rotatable bonds is 5. The second kappa shape index (κ2) is 7.19. The van der Waals surface area contributed by atoms with Crippen LogP contribution in [0.15, 0.2) is 53.1 Å². The van der Waals surface area contributed by atoms with Crippen LogP contribution in [-0.4, -0.2) is 29.2 Å². The Bertz CT molecular complexity index is 938. The van der Waals surface area contributed by atoms with E-state index >= 15 is 0 Å². The molecule has 1 aliphatic heterocycles. The number of hydrogen-bond acceptors (Lipinski definition) is 5. The number of ether oxygens (including phenoxy) is 1. The van der Waals surface area contributed by atoms with Gasteiger partial charge in [-0.3, -0.25) is 4.79 Å². The summed E-state index contributed by atoms with van der Waals surface area (Å²) in [5.74, 6) is 1.14. The first-order chi connectivity index (χ1) is 13.1. The van der Waals surface area contributed by atoms with Gasteiger partial charge in [0.1, 0.15) is 11.6 Å². The number of benzene rings is 2. The minimum atomic E-state index is -0.333. The molecule has 0 radical (unpaired) electrons. The Morgan fingerprint density at radius 2 is 1.93 bits per heavy atom. The molecule has 0 spiro atoms. The van der Waals surface area contributed by atoms with Crippen molar-refractivity contribution >= 4 is 11.6 Å². The molecular weight excluding hydrogens is 349 g/mol. The lowest BCUT2D eigenvalue weighted by Gasteiger charge is -2.15. The Morgan fingerprint density at radius 3 is 2.63 bits per heavy atom. The summed E-state index contributed by atoms with van der Waals surface area (Å²) >= 11 is 0. The molecular formula is C20H18FN3O3. The fourth-order valence-electron chi connectivity index (χ4n) is 3.13. The van der Waals surface area contributed by atoms with E-state index < -0.39 is 0 Å². The monoisotopic (exact) mass is 367 g/mol. The molecule has 0 N–H and O–H groups in total. The number of anilines is 1. The second-order valence-electron chi connectivity index (χ2n) is 6.30. The quantitative estimate of drug-likeness (QED) is 0.686. The third kappa shape index (κ3) is 3.53. The summed E-state index contributed by atoms with van der Waals surface area (Å²) in [6, 6.07) is 13.3. The second-order valence-corrected chi connectivity index (χ2v) is 6.30.